The number of aliphatic hydroxyl groups is 1. The molecule has 1 aliphatic rings. The van der Waals surface area contributed by atoms with Gasteiger partial charge in [-0.1, -0.05) is 30.4 Å². The van der Waals surface area contributed by atoms with Gasteiger partial charge in [-0.25, -0.2) is 0 Å². The number of pyridine rings is 1. The zero-order chi connectivity index (χ0) is 16.4. The molecule has 0 bridgehead atoms. The summed E-state index contributed by atoms with van der Waals surface area (Å²) in [5, 5.41) is 13.3. The van der Waals surface area contributed by atoms with Crippen LogP contribution in [-0.2, 0) is 11.2 Å². The van der Waals surface area contributed by atoms with Gasteiger partial charge in [0.2, 0.25) is 5.91 Å². The standard InChI is InChI=1S/C19H22N2O2/c1-12-16-5-3-4-6-18(16)20-13(2)17(12)10-19(23)21-15-8-7-14(9-15)11-22/h3-8,14-15,22H,9-11H2,1-2H3,(H,21,23)/t14-,15+/m0/s1. The van der Waals surface area contributed by atoms with Gasteiger partial charge in [0.25, 0.3) is 0 Å². The molecule has 1 aromatic carbocycles. The predicted molar refractivity (Wildman–Crippen MR) is 91.2 cm³/mol. The molecule has 1 aromatic heterocycles. The molecule has 4 nitrogen and oxygen atoms in total. The second-order valence-electron chi connectivity index (χ2n) is 6.23. The molecule has 4 heteroatoms. The van der Waals surface area contributed by atoms with Crippen LogP contribution in [0.15, 0.2) is 36.4 Å². The Morgan fingerprint density at radius 2 is 2.09 bits per heavy atom. The molecule has 1 aliphatic carbocycles. The Morgan fingerprint density at radius 1 is 1.30 bits per heavy atom. The van der Waals surface area contributed by atoms with Crippen molar-refractivity contribution in [2.45, 2.75) is 32.7 Å². The Balaban J connectivity index is 1.76. The summed E-state index contributed by atoms with van der Waals surface area (Å²) in [5.41, 5.74) is 4.00. The van der Waals surface area contributed by atoms with Crippen molar-refractivity contribution >= 4 is 16.8 Å². The zero-order valence-electron chi connectivity index (χ0n) is 13.5. The van der Waals surface area contributed by atoms with E-state index in [1.165, 1.54) is 0 Å². The molecule has 2 aromatic rings. The number of rotatable bonds is 4. The summed E-state index contributed by atoms with van der Waals surface area (Å²) in [5.74, 6) is 0.160. The number of amides is 1. The normalized spacial score (nSPS) is 20.1. The van der Waals surface area contributed by atoms with E-state index in [2.05, 4.69) is 17.2 Å². The highest BCUT2D eigenvalue weighted by molar-refractivity contribution is 5.86. The second-order valence-corrected chi connectivity index (χ2v) is 6.23. The van der Waals surface area contributed by atoms with E-state index in [4.69, 9.17) is 5.11 Å². The van der Waals surface area contributed by atoms with Gasteiger partial charge in [-0.15, -0.1) is 0 Å². The van der Waals surface area contributed by atoms with E-state index in [1.807, 2.05) is 43.3 Å². The van der Waals surface area contributed by atoms with Crippen molar-refractivity contribution in [3.05, 3.63) is 53.2 Å². The number of para-hydroxylation sites is 1. The van der Waals surface area contributed by atoms with Crippen LogP contribution in [-0.4, -0.2) is 28.6 Å². The van der Waals surface area contributed by atoms with Crippen LogP contribution in [0.25, 0.3) is 10.9 Å². The molecule has 0 radical (unpaired) electrons. The highest BCUT2D eigenvalue weighted by Crippen LogP contribution is 2.23. The zero-order valence-corrected chi connectivity index (χ0v) is 13.5. The van der Waals surface area contributed by atoms with Gasteiger partial charge >= 0.3 is 0 Å². The molecule has 0 saturated heterocycles. The monoisotopic (exact) mass is 310 g/mol. The van der Waals surface area contributed by atoms with Crippen molar-refractivity contribution in [3.63, 3.8) is 0 Å². The molecule has 23 heavy (non-hydrogen) atoms. The van der Waals surface area contributed by atoms with Crippen molar-refractivity contribution in [2.24, 2.45) is 5.92 Å². The minimum absolute atomic E-state index is 0.00141. The van der Waals surface area contributed by atoms with Crippen molar-refractivity contribution in [1.29, 1.82) is 0 Å². The first-order valence-electron chi connectivity index (χ1n) is 8.02. The molecule has 2 N–H and O–H groups in total. The van der Waals surface area contributed by atoms with Crippen molar-refractivity contribution < 1.29 is 9.90 Å². The fraction of sp³-hybridized carbons (Fsp3) is 0.368. The molecule has 0 saturated carbocycles. The van der Waals surface area contributed by atoms with E-state index in [-0.39, 0.29) is 24.5 Å². The maximum atomic E-state index is 12.4. The summed E-state index contributed by atoms with van der Waals surface area (Å²) in [6.45, 7) is 4.14. The third kappa shape index (κ3) is 3.27. The minimum Gasteiger partial charge on any atom is -0.396 e. The first kappa shape index (κ1) is 15.7. The highest BCUT2D eigenvalue weighted by atomic mass is 16.3. The van der Waals surface area contributed by atoms with Gasteiger partial charge in [0.05, 0.1) is 11.9 Å². The summed E-state index contributed by atoms with van der Waals surface area (Å²) < 4.78 is 0. The Morgan fingerprint density at radius 3 is 2.83 bits per heavy atom. The summed E-state index contributed by atoms with van der Waals surface area (Å²) >= 11 is 0. The third-order valence-corrected chi connectivity index (χ3v) is 4.58. The molecule has 120 valence electrons. The third-order valence-electron chi connectivity index (χ3n) is 4.58. The van der Waals surface area contributed by atoms with Crippen LogP contribution in [0.4, 0.5) is 0 Å². The number of aliphatic hydroxyl groups excluding tert-OH is 1. The fourth-order valence-electron chi connectivity index (χ4n) is 3.27. The van der Waals surface area contributed by atoms with Crippen molar-refractivity contribution in [2.75, 3.05) is 6.61 Å². The van der Waals surface area contributed by atoms with Crippen LogP contribution in [0.3, 0.4) is 0 Å². The lowest BCUT2D eigenvalue weighted by Crippen LogP contribution is -2.34. The van der Waals surface area contributed by atoms with Gasteiger partial charge < -0.3 is 10.4 Å². The van der Waals surface area contributed by atoms with E-state index in [0.717, 1.165) is 34.1 Å². The number of hydrogen-bond acceptors (Lipinski definition) is 3. The first-order valence-corrected chi connectivity index (χ1v) is 8.02. The fourth-order valence-corrected chi connectivity index (χ4v) is 3.27. The maximum Gasteiger partial charge on any atom is 0.224 e. The molecule has 0 spiro atoms. The lowest BCUT2D eigenvalue weighted by atomic mass is 9.99. The SMILES string of the molecule is Cc1nc2ccccc2c(C)c1CC(=O)N[C@@H]1C=C[C@H](CO)C1. The number of benzene rings is 1. The van der Waals surface area contributed by atoms with E-state index in [1.54, 1.807) is 0 Å². The first-order chi connectivity index (χ1) is 11.1. The summed E-state index contributed by atoms with van der Waals surface area (Å²) in [4.78, 5) is 17.0. The van der Waals surface area contributed by atoms with Gasteiger partial charge in [-0.3, -0.25) is 9.78 Å². The van der Waals surface area contributed by atoms with Gasteiger partial charge in [-0.05, 0) is 37.5 Å². The van der Waals surface area contributed by atoms with Crippen LogP contribution in [0.5, 0.6) is 0 Å². The molecular formula is C19H22N2O2. The van der Waals surface area contributed by atoms with Crippen LogP contribution >= 0.6 is 0 Å². The van der Waals surface area contributed by atoms with Gasteiger partial charge in [-0.2, -0.15) is 0 Å². The largest absolute Gasteiger partial charge is 0.396 e. The van der Waals surface area contributed by atoms with Gasteiger partial charge in [0.1, 0.15) is 0 Å². The van der Waals surface area contributed by atoms with Crippen molar-refractivity contribution in [1.82, 2.24) is 10.3 Å². The number of hydrogen-bond donors (Lipinski definition) is 2. The lowest BCUT2D eigenvalue weighted by molar-refractivity contribution is -0.120. The van der Waals surface area contributed by atoms with E-state index in [9.17, 15) is 4.79 Å². The quantitative estimate of drug-likeness (QED) is 0.853. The van der Waals surface area contributed by atoms with Crippen LogP contribution < -0.4 is 5.32 Å². The molecule has 2 atom stereocenters. The van der Waals surface area contributed by atoms with Crippen LogP contribution in [0.2, 0.25) is 0 Å². The molecule has 3 rings (SSSR count). The van der Waals surface area contributed by atoms with Crippen molar-refractivity contribution in [3.8, 4) is 0 Å². The Kier molecular flexibility index (Phi) is 4.44. The molecule has 1 amide bonds. The predicted octanol–water partition coefficient (Wildman–Crippen LogP) is 2.45. The summed E-state index contributed by atoms with van der Waals surface area (Å²) in [6, 6.07) is 8.04. The number of nitrogens with one attached hydrogen (secondary N) is 1. The van der Waals surface area contributed by atoms with E-state index < -0.39 is 0 Å². The second kappa shape index (κ2) is 6.50. The van der Waals surface area contributed by atoms with Gasteiger partial charge in [0, 0.05) is 29.6 Å². The average molecular weight is 310 g/mol. The molecule has 0 fully saturated rings. The number of fused-ring (bicyclic) bond motifs is 1. The Bertz CT molecular complexity index is 767. The number of aromatic nitrogens is 1. The average Bonchev–Trinajstić information content (AvgIpc) is 2.99. The summed E-state index contributed by atoms with van der Waals surface area (Å²) in [7, 11) is 0. The highest BCUT2D eigenvalue weighted by Gasteiger charge is 2.20. The number of carbonyl (C=O) groups is 1. The topological polar surface area (TPSA) is 62.2 Å². The number of nitrogens with zero attached hydrogens (tertiary/aromatic N) is 1. The van der Waals surface area contributed by atoms with E-state index >= 15 is 0 Å². The smallest absolute Gasteiger partial charge is 0.224 e. The Hall–Kier alpha value is -2.20. The number of aryl methyl sites for hydroxylation is 2. The molecule has 0 unspecified atom stereocenters. The number of carbonyl (C=O) groups excluding carboxylic acids is 1. The van der Waals surface area contributed by atoms with Crippen LogP contribution in [0, 0.1) is 19.8 Å². The lowest BCUT2D eigenvalue weighted by Gasteiger charge is -2.15. The summed E-state index contributed by atoms with van der Waals surface area (Å²) in [6.07, 6.45) is 5.05. The Labute approximate surface area is 136 Å². The molecule has 0 aliphatic heterocycles. The maximum absolute atomic E-state index is 12.4. The van der Waals surface area contributed by atoms with Crippen LogP contribution in [0.1, 0.15) is 23.2 Å². The van der Waals surface area contributed by atoms with E-state index in [0.29, 0.717) is 6.42 Å². The van der Waals surface area contributed by atoms with Gasteiger partial charge in [0.15, 0.2) is 0 Å². The molecule has 1 heterocycles. The minimum atomic E-state index is 0.00141. The molecular weight excluding hydrogens is 288 g/mol.